The monoisotopic (exact) mass is 441 g/mol. The molecule has 1 aliphatic carbocycles. The van der Waals surface area contributed by atoms with E-state index >= 15 is 0 Å². The van der Waals surface area contributed by atoms with Gasteiger partial charge >= 0.3 is 5.97 Å². The molecule has 5 rings (SSSR count). The van der Waals surface area contributed by atoms with Crippen molar-refractivity contribution in [3.05, 3.63) is 93.8 Å². The quantitative estimate of drug-likeness (QED) is 0.596. The Morgan fingerprint density at radius 1 is 1.21 bits per heavy atom. The molecule has 33 heavy (non-hydrogen) atoms. The van der Waals surface area contributed by atoms with Gasteiger partial charge in [-0.2, -0.15) is 0 Å². The van der Waals surface area contributed by atoms with E-state index < -0.39 is 5.97 Å². The minimum absolute atomic E-state index is 0.0810. The zero-order valence-corrected chi connectivity index (χ0v) is 18.8. The smallest absolute Gasteiger partial charge is 0.337 e. The summed E-state index contributed by atoms with van der Waals surface area (Å²) >= 11 is 0. The molecule has 2 N–H and O–H groups in total. The summed E-state index contributed by atoms with van der Waals surface area (Å²) < 4.78 is 0. The van der Waals surface area contributed by atoms with Crippen molar-refractivity contribution >= 4 is 17.6 Å². The number of carbonyl (C=O) groups is 2. The number of anilines is 1. The highest BCUT2D eigenvalue weighted by Gasteiger charge is 2.36. The number of carboxylic acid groups (broad SMARTS) is 1. The highest BCUT2D eigenvalue weighted by molar-refractivity contribution is 5.99. The average Bonchev–Trinajstić information content (AvgIpc) is 3.14. The number of aryl methyl sites for hydroxylation is 2. The number of pyridine rings is 1. The van der Waals surface area contributed by atoms with Gasteiger partial charge in [0.15, 0.2) is 0 Å². The number of aromatic carboxylic acids is 1. The number of amides is 1. The highest BCUT2D eigenvalue weighted by atomic mass is 16.4. The Balaban J connectivity index is 1.43. The minimum atomic E-state index is -0.965. The van der Waals surface area contributed by atoms with Gasteiger partial charge in [0.25, 0.3) is 5.91 Å². The van der Waals surface area contributed by atoms with Gasteiger partial charge in [-0.3, -0.25) is 9.78 Å². The van der Waals surface area contributed by atoms with Gasteiger partial charge in [-0.25, -0.2) is 4.79 Å². The van der Waals surface area contributed by atoms with E-state index in [0.717, 1.165) is 47.2 Å². The van der Waals surface area contributed by atoms with Crippen LogP contribution in [-0.4, -0.2) is 32.9 Å². The van der Waals surface area contributed by atoms with Crippen molar-refractivity contribution < 1.29 is 14.7 Å². The number of carbonyl (C=O) groups excluding carboxylic acids is 1. The first kappa shape index (κ1) is 21.2. The molecule has 2 aliphatic rings. The molecule has 1 amide bonds. The first-order chi connectivity index (χ1) is 15.9. The molecule has 1 aliphatic heterocycles. The van der Waals surface area contributed by atoms with Crippen molar-refractivity contribution in [2.24, 2.45) is 0 Å². The van der Waals surface area contributed by atoms with Crippen LogP contribution in [0.1, 0.15) is 68.1 Å². The molecule has 0 bridgehead atoms. The van der Waals surface area contributed by atoms with E-state index in [4.69, 9.17) is 0 Å². The van der Waals surface area contributed by atoms with E-state index in [0.29, 0.717) is 12.2 Å². The van der Waals surface area contributed by atoms with Crippen molar-refractivity contribution in [2.45, 2.75) is 51.7 Å². The Morgan fingerprint density at radius 2 is 2.03 bits per heavy atom. The zero-order chi connectivity index (χ0) is 23.1. The van der Waals surface area contributed by atoms with Crippen LogP contribution in [0.4, 0.5) is 5.69 Å². The summed E-state index contributed by atoms with van der Waals surface area (Å²) in [4.78, 5) is 31.6. The van der Waals surface area contributed by atoms with E-state index in [1.165, 1.54) is 5.56 Å². The summed E-state index contributed by atoms with van der Waals surface area (Å²) in [6.07, 6.45) is 4.48. The number of aromatic nitrogens is 1. The number of benzene rings is 2. The van der Waals surface area contributed by atoms with Crippen LogP contribution in [0.3, 0.4) is 0 Å². The SMILES string of the molecule is Cc1cc2c(c(C(C)Nc3ccccc3C(=O)O)c1)CN(C1CCc3cccnc3C1)C2=O. The molecule has 3 aromatic rings. The summed E-state index contributed by atoms with van der Waals surface area (Å²) in [5.41, 5.74) is 7.04. The Hall–Kier alpha value is -3.67. The van der Waals surface area contributed by atoms with Crippen LogP contribution in [0.5, 0.6) is 0 Å². The number of hydrogen-bond acceptors (Lipinski definition) is 4. The van der Waals surface area contributed by atoms with Crippen molar-refractivity contribution in [2.75, 3.05) is 5.32 Å². The Morgan fingerprint density at radius 3 is 2.85 bits per heavy atom. The van der Waals surface area contributed by atoms with Gasteiger partial charge in [0, 0.05) is 48.2 Å². The predicted octanol–water partition coefficient (Wildman–Crippen LogP) is 4.77. The maximum atomic E-state index is 13.4. The second-order valence-electron chi connectivity index (χ2n) is 9.04. The highest BCUT2D eigenvalue weighted by Crippen LogP contribution is 2.36. The summed E-state index contributed by atoms with van der Waals surface area (Å²) in [6, 6.07) is 15.1. The lowest BCUT2D eigenvalue weighted by molar-refractivity contribution is 0.0680. The lowest BCUT2D eigenvalue weighted by Gasteiger charge is -2.31. The van der Waals surface area contributed by atoms with E-state index in [2.05, 4.69) is 22.4 Å². The normalized spacial score (nSPS) is 17.9. The van der Waals surface area contributed by atoms with Crippen LogP contribution in [0.15, 0.2) is 54.7 Å². The van der Waals surface area contributed by atoms with Crippen LogP contribution >= 0.6 is 0 Å². The second kappa shape index (κ2) is 8.35. The van der Waals surface area contributed by atoms with Gasteiger partial charge < -0.3 is 15.3 Å². The summed E-state index contributed by atoms with van der Waals surface area (Å²) in [7, 11) is 0. The summed E-state index contributed by atoms with van der Waals surface area (Å²) in [6.45, 7) is 4.59. The van der Waals surface area contributed by atoms with E-state index in [1.807, 2.05) is 43.1 Å². The van der Waals surface area contributed by atoms with E-state index in [-0.39, 0.29) is 23.6 Å². The maximum absolute atomic E-state index is 13.4. The molecule has 0 spiro atoms. The van der Waals surface area contributed by atoms with Crippen LogP contribution in [-0.2, 0) is 19.4 Å². The van der Waals surface area contributed by atoms with Crippen molar-refractivity contribution in [1.29, 1.82) is 0 Å². The second-order valence-corrected chi connectivity index (χ2v) is 9.04. The third-order valence-electron chi connectivity index (χ3n) is 6.85. The standard InChI is InChI=1S/C27H27N3O3/c1-16-12-21(17(2)29-24-8-4-3-7-20(24)27(32)33)23-15-30(26(31)22(23)13-16)19-10-9-18-6-5-11-28-25(18)14-19/h3-8,11-13,17,19,29H,9-10,14-15H2,1-2H3,(H,32,33). The van der Waals surface area contributed by atoms with Crippen molar-refractivity contribution in [3.63, 3.8) is 0 Å². The molecular formula is C27H27N3O3. The van der Waals surface area contributed by atoms with Gasteiger partial charge in [0.2, 0.25) is 0 Å². The predicted molar refractivity (Wildman–Crippen MR) is 127 cm³/mol. The minimum Gasteiger partial charge on any atom is -0.478 e. The van der Waals surface area contributed by atoms with Crippen molar-refractivity contribution in [1.82, 2.24) is 9.88 Å². The largest absolute Gasteiger partial charge is 0.478 e. The number of hydrogen-bond donors (Lipinski definition) is 2. The Labute approximate surface area is 193 Å². The van der Waals surface area contributed by atoms with Crippen LogP contribution in [0, 0.1) is 6.92 Å². The fraction of sp³-hybridized carbons (Fsp3) is 0.296. The van der Waals surface area contributed by atoms with Gasteiger partial charge in [-0.1, -0.05) is 24.3 Å². The van der Waals surface area contributed by atoms with Crippen LogP contribution in [0.2, 0.25) is 0 Å². The fourth-order valence-corrected chi connectivity index (χ4v) is 5.19. The van der Waals surface area contributed by atoms with Gasteiger partial charge in [0.1, 0.15) is 0 Å². The Kier molecular flexibility index (Phi) is 5.36. The molecule has 2 aromatic carbocycles. The summed E-state index contributed by atoms with van der Waals surface area (Å²) in [5.74, 6) is -0.884. The molecule has 2 atom stereocenters. The maximum Gasteiger partial charge on any atom is 0.337 e. The Bertz CT molecular complexity index is 1250. The third-order valence-corrected chi connectivity index (χ3v) is 6.85. The number of nitrogens with zero attached hydrogens (tertiary/aromatic N) is 2. The topological polar surface area (TPSA) is 82.5 Å². The molecule has 1 aromatic heterocycles. The van der Waals surface area contributed by atoms with E-state index in [9.17, 15) is 14.7 Å². The molecule has 6 heteroatoms. The molecule has 168 valence electrons. The molecule has 0 saturated carbocycles. The van der Waals surface area contributed by atoms with Gasteiger partial charge in [-0.05, 0) is 73.2 Å². The molecule has 2 heterocycles. The van der Waals surface area contributed by atoms with Gasteiger partial charge in [0.05, 0.1) is 5.56 Å². The van der Waals surface area contributed by atoms with E-state index in [1.54, 1.807) is 18.2 Å². The zero-order valence-electron chi connectivity index (χ0n) is 18.8. The first-order valence-electron chi connectivity index (χ1n) is 11.4. The third kappa shape index (κ3) is 3.86. The number of para-hydroxylation sites is 1. The molecule has 0 fully saturated rings. The lowest BCUT2D eigenvalue weighted by atomic mass is 9.91. The molecule has 0 saturated heterocycles. The lowest BCUT2D eigenvalue weighted by Crippen LogP contribution is -2.39. The molecule has 6 nitrogen and oxygen atoms in total. The number of fused-ring (bicyclic) bond motifs is 2. The number of nitrogens with one attached hydrogen (secondary N) is 1. The number of carboxylic acids is 1. The average molecular weight is 442 g/mol. The fourth-order valence-electron chi connectivity index (χ4n) is 5.19. The molecular weight excluding hydrogens is 414 g/mol. The first-order valence-corrected chi connectivity index (χ1v) is 11.4. The molecule has 0 radical (unpaired) electrons. The summed E-state index contributed by atoms with van der Waals surface area (Å²) in [5, 5.41) is 12.9. The van der Waals surface area contributed by atoms with Gasteiger partial charge in [-0.15, -0.1) is 0 Å². The number of rotatable bonds is 5. The van der Waals surface area contributed by atoms with Crippen molar-refractivity contribution in [3.8, 4) is 0 Å². The van der Waals surface area contributed by atoms with Crippen LogP contribution in [0.25, 0.3) is 0 Å². The van der Waals surface area contributed by atoms with Crippen LogP contribution < -0.4 is 5.32 Å². The molecule has 2 unspecified atom stereocenters.